The first-order valence-corrected chi connectivity index (χ1v) is 7.82. The minimum atomic E-state index is -3.64. The molecule has 0 bridgehead atoms. The van der Waals surface area contributed by atoms with E-state index >= 15 is 0 Å². The highest BCUT2D eigenvalue weighted by atomic mass is 32.2. The molecule has 6 heteroatoms. The summed E-state index contributed by atoms with van der Waals surface area (Å²) in [7, 11) is -3.64. The van der Waals surface area contributed by atoms with E-state index < -0.39 is 10.0 Å². The lowest BCUT2D eigenvalue weighted by Gasteiger charge is -2.22. The van der Waals surface area contributed by atoms with E-state index in [4.69, 9.17) is 10.2 Å². The maximum Gasteiger partial charge on any atom is 0.267 e. The van der Waals surface area contributed by atoms with Crippen LogP contribution in [0, 0.1) is 6.92 Å². The maximum absolute atomic E-state index is 12.7. The molecule has 2 N–H and O–H groups in total. The predicted molar refractivity (Wildman–Crippen MR) is 78.0 cm³/mol. The lowest BCUT2D eigenvalue weighted by molar-refractivity contribution is 0.479. The number of nitrogens with two attached hydrogens (primary N) is 1. The molecule has 2 aromatic rings. The van der Waals surface area contributed by atoms with Crippen molar-refractivity contribution in [1.82, 2.24) is 0 Å². The van der Waals surface area contributed by atoms with E-state index in [9.17, 15) is 8.42 Å². The second-order valence-corrected chi connectivity index (χ2v) is 6.17. The standard InChI is InChI=1S/C14H18N2O3S/c1-3-16(12-7-5-4-6-8-12)20(17,18)14-9-13(10-15)19-11(14)2/h4-9H,3,10,15H2,1-2H3. The van der Waals surface area contributed by atoms with E-state index in [2.05, 4.69) is 0 Å². The molecule has 20 heavy (non-hydrogen) atoms. The van der Waals surface area contributed by atoms with Crippen LogP contribution in [0.5, 0.6) is 0 Å². The molecule has 0 saturated heterocycles. The Labute approximate surface area is 119 Å². The second-order valence-electron chi connectivity index (χ2n) is 4.34. The van der Waals surface area contributed by atoms with Gasteiger partial charge in [-0.25, -0.2) is 8.42 Å². The topological polar surface area (TPSA) is 76.5 Å². The molecule has 0 spiro atoms. The Balaban J connectivity index is 2.49. The number of sulfonamides is 1. The summed E-state index contributed by atoms with van der Waals surface area (Å²) in [5.74, 6) is 0.824. The molecule has 1 heterocycles. The van der Waals surface area contributed by atoms with E-state index in [-0.39, 0.29) is 11.4 Å². The van der Waals surface area contributed by atoms with Gasteiger partial charge in [0.15, 0.2) is 0 Å². The fraction of sp³-hybridized carbons (Fsp3) is 0.286. The van der Waals surface area contributed by atoms with Gasteiger partial charge in [-0.3, -0.25) is 4.31 Å². The van der Waals surface area contributed by atoms with Crippen LogP contribution in [0.1, 0.15) is 18.4 Å². The number of rotatable bonds is 5. The van der Waals surface area contributed by atoms with Crippen LogP contribution < -0.4 is 10.0 Å². The summed E-state index contributed by atoms with van der Waals surface area (Å²) in [5, 5.41) is 0. The molecule has 0 radical (unpaired) electrons. The average Bonchev–Trinajstić information content (AvgIpc) is 2.82. The van der Waals surface area contributed by atoms with Gasteiger partial charge >= 0.3 is 0 Å². The zero-order valence-corrected chi connectivity index (χ0v) is 12.4. The molecular weight excluding hydrogens is 276 g/mol. The summed E-state index contributed by atoms with van der Waals surface area (Å²) in [6.45, 7) is 3.94. The molecule has 108 valence electrons. The molecule has 0 atom stereocenters. The molecule has 0 saturated carbocycles. The van der Waals surface area contributed by atoms with Gasteiger partial charge in [0.1, 0.15) is 16.4 Å². The molecular formula is C14H18N2O3S. The van der Waals surface area contributed by atoms with Gasteiger partial charge in [0, 0.05) is 12.6 Å². The molecule has 0 aliphatic carbocycles. The third-order valence-electron chi connectivity index (χ3n) is 3.02. The van der Waals surface area contributed by atoms with Crippen molar-refractivity contribution < 1.29 is 12.8 Å². The summed E-state index contributed by atoms with van der Waals surface area (Å²) in [6, 6.07) is 10.5. The number of nitrogens with zero attached hydrogens (tertiary/aromatic N) is 1. The fourth-order valence-corrected chi connectivity index (χ4v) is 3.75. The van der Waals surface area contributed by atoms with Gasteiger partial charge in [-0.2, -0.15) is 0 Å². The van der Waals surface area contributed by atoms with E-state index in [1.807, 2.05) is 6.07 Å². The molecule has 1 aromatic heterocycles. The van der Waals surface area contributed by atoms with Crippen molar-refractivity contribution in [3.8, 4) is 0 Å². The van der Waals surface area contributed by atoms with Crippen LogP contribution in [0.15, 0.2) is 45.7 Å². The normalized spacial score (nSPS) is 11.6. The van der Waals surface area contributed by atoms with Gasteiger partial charge < -0.3 is 10.2 Å². The molecule has 1 aromatic carbocycles. The van der Waals surface area contributed by atoms with Crippen LogP contribution >= 0.6 is 0 Å². The first kappa shape index (κ1) is 14.6. The minimum absolute atomic E-state index is 0.170. The highest BCUT2D eigenvalue weighted by Crippen LogP contribution is 2.27. The van der Waals surface area contributed by atoms with Crippen molar-refractivity contribution in [1.29, 1.82) is 0 Å². The maximum atomic E-state index is 12.7. The number of hydrogen-bond donors (Lipinski definition) is 1. The van der Waals surface area contributed by atoms with Gasteiger partial charge in [0.25, 0.3) is 10.0 Å². The van der Waals surface area contributed by atoms with E-state index in [0.29, 0.717) is 23.8 Å². The van der Waals surface area contributed by atoms with Gasteiger partial charge in [-0.05, 0) is 26.0 Å². The lowest BCUT2D eigenvalue weighted by atomic mass is 10.3. The highest BCUT2D eigenvalue weighted by Gasteiger charge is 2.27. The third-order valence-corrected chi connectivity index (χ3v) is 5.03. The zero-order valence-electron chi connectivity index (χ0n) is 11.5. The van der Waals surface area contributed by atoms with E-state index in [0.717, 1.165) is 0 Å². The molecule has 5 nitrogen and oxygen atoms in total. The fourth-order valence-electron chi connectivity index (χ4n) is 2.09. The zero-order chi connectivity index (χ0) is 14.8. The molecule has 0 fully saturated rings. The van der Waals surface area contributed by atoms with Crippen LogP contribution in [0.2, 0.25) is 0 Å². The van der Waals surface area contributed by atoms with Crippen molar-refractivity contribution in [2.45, 2.75) is 25.3 Å². The Morgan fingerprint density at radius 1 is 1.25 bits per heavy atom. The first-order chi connectivity index (χ1) is 9.50. The van der Waals surface area contributed by atoms with E-state index in [1.54, 1.807) is 38.1 Å². The van der Waals surface area contributed by atoms with Crippen molar-refractivity contribution in [2.24, 2.45) is 5.73 Å². The Bertz CT molecular complexity index is 678. The number of hydrogen-bond acceptors (Lipinski definition) is 4. The number of aryl methyl sites for hydroxylation is 1. The largest absolute Gasteiger partial charge is 0.464 e. The first-order valence-electron chi connectivity index (χ1n) is 6.38. The number of benzene rings is 1. The average molecular weight is 294 g/mol. The molecule has 2 rings (SSSR count). The van der Waals surface area contributed by atoms with Crippen LogP contribution in [0.3, 0.4) is 0 Å². The van der Waals surface area contributed by atoms with Crippen LogP contribution in [0.25, 0.3) is 0 Å². The monoisotopic (exact) mass is 294 g/mol. The molecule has 0 amide bonds. The van der Waals surface area contributed by atoms with Crippen molar-refractivity contribution in [3.63, 3.8) is 0 Å². The van der Waals surface area contributed by atoms with Gasteiger partial charge in [0.2, 0.25) is 0 Å². The van der Waals surface area contributed by atoms with Gasteiger partial charge in [-0.1, -0.05) is 18.2 Å². The van der Waals surface area contributed by atoms with Crippen molar-refractivity contribution in [2.75, 3.05) is 10.8 Å². The Morgan fingerprint density at radius 2 is 1.90 bits per heavy atom. The van der Waals surface area contributed by atoms with Gasteiger partial charge in [0.05, 0.1) is 12.2 Å². The summed E-state index contributed by atoms with van der Waals surface area (Å²) < 4.78 is 32.2. The summed E-state index contributed by atoms with van der Waals surface area (Å²) >= 11 is 0. The van der Waals surface area contributed by atoms with Crippen LogP contribution in [-0.4, -0.2) is 15.0 Å². The summed E-state index contributed by atoms with van der Waals surface area (Å²) in [5.41, 5.74) is 6.12. The van der Waals surface area contributed by atoms with Crippen LogP contribution in [-0.2, 0) is 16.6 Å². The van der Waals surface area contributed by atoms with E-state index in [1.165, 1.54) is 10.4 Å². The van der Waals surface area contributed by atoms with Crippen molar-refractivity contribution in [3.05, 3.63) is 47.9 Å². The molecule has 0 unspecified atom stereocenters. The second kappa shape index (κ2) is 5.68. The molecule has 0 aliphatic rings. The van der Waals surface area contributed by atoms with Gasteiger partial charge in [-0.15, -0.1) is 0 Å². The minimum Gasteiger partial charge on any atom is -0.464 e. The predicted octanol–water partition coefficient (Wildman–Crippen LogP) is 2.26. The Hall–Kier alpha value is -1.79. The van der Waals surface area contributed by atoms with Crippen LogP contribution in [0.4, 0.5) is 5.69 Å². The summed E-state index contributed by atoms with van der Waals surface area (Å²) in [6.07, 6.45) is 0. The highest BCUT2D eigenvalue weighted by molar-refractivity contribution is 7.92. The SMILES string of the molecule is CCN(c1ccccc1)S(=O)(=O)c1cc(CN)oc1C. The summed E-state index contributed by atoms with van der Waals surface area (Å²) in [4.78, 5) is 0.170. The number of para-hydroxylation sites is 1. The lowest BCUT2D eigenvalue weighted by Crippen LogP contribution is -2.30. The third kappa shape index (κ3) is 2.57. The quantitative estimate of drug-likeness (QED) is 0.917. The smallest absolute Gasteiger partial charge is 0.267 e. The Morgan fingerprint density at radius 3 is 2.40 bits per heavy atom. The molecule has 0 aliphatic heterocycles. The number of anilines is 1. The van der Waals surface area contributed by atoms with Crippen molar-refractivity contribution >= 4 is 15.7 Å². The number of furan rings is 1. The Kier molecular flexibility index (Phi) is 4.15.